The van der Waals surface area contributed by atoms with Gasteiger partial charge in [0.25, 0.3) is 17.6 Å². The highest BCUT2D eigenvalue weighted by atomic mass is 19.1. The summed E-state index contributed by atoms with van der Waals surface area (Å²) in [5.74, 6) is -2.26. The van der Waals surface area contributed by atoms with Crippen molar-refractivity contribution >= 4 is 23.3 Å². The summed E-state index contributed by atoms with van der Waals surface area (Å²) in [4.78, 5) is 42.0. The van der Waals surface area contributed by atoms with Crippen LogP contribution in [-0.2, 0) is 18.4 Å². The quantitative estimate of drug-likeness (QED) is 0.449. The average molecular weight is 425 g/mol. The maximum absolute atomic E-state index is 13.5. The Labute approximate surface area is 179 Å². The number of hydrogen-bond acceptors (Lipinski definition) is 4. The molecule has 0 spiro atoms. The van der Waals surface area contributed by atoms with Gasteiger partial charge in [-0.1, -0.05) is 0 Å². The molecule has 0 aliphatic heterocycles. The van der Waals surface area contributed by atoms with E-state index in [0.717, 1.165) is 0 Å². The number of benzene rings is 1. The first-order chi connectivity index (χ1) is 14.7. The predicted molar refractivity (Wildman–Crippen MR) is 114 cm³/mol. The summed E-state index contributed by atoms with van der Waals surface area (Å²) in [5.41, 5.74) is 2.26. The summed E-state index contributed by atoms with van der Waals surface area (Å²) in [6.07, 6.45) is 5.00. The highest BCUT2D eigenvalue weighted by Crippen LogP contribution is 2.23. The normalized spacial score (nSPS) is 10.7. The topological polar surface area (TPSA) is 98.0 Å². The van der Waals surface area contributed by atoms with Crippen LogP contribution in [0, 0.1) is 26.6 Å². The fourth-order valence-electron chi connectivity index (χ4n) is 3.46. The number of amides is 2. The standard InChI is InChI=1S/C22H24FN5O3/c1-13-11-16(5-6-17(13)23)26-21(30)18-14(2)19(27(4)15(18)3)20(29)22(31)25-8-10-28-9-7-24-12-28/h5-7,9,11-12H,8,10H2,1-4H3,(H,25,31)(H,26,30). The number of nitrogens with one attached hydrogen (secondary N) is 2. The van der Waals surface area contributed by atoms with E-state index in [9.17, 15) is 18.8 Å². The van der Waals surface area contributed by atoms with Crippen molar-refractivity contribution in [2.24, 2.45) is 7.05 Å². The molecule has 2 aromatic heterocycles. The number of carbonyl (C=O) groups excluding carboxylic acids is 3. The molecule has 0 saturated carbocycles. The van der Waals surface area contributed by atoms with Gasteiger partial charge in [0, 0.05) is 43.9 Å². The number of nitrogens with zero attached hydrogens (tertiary/aromatic N) is 3. The van der Waals surface area contributed by atoms with Crippen molar-refractivity contribution in [1.82, 2.24) is 19.4 Å². The van der Waals surface area contributed by atoms with E-state index in [1.165, 1.54) is 22.8 Å². The second kappa shape index (κ2) is 8.95. The minimum Gasteiger partial charge on any atom is -0.347 e. The van der Waals surface area contributed by atoms with Gasteiger partial charge < -0.3 is 19.8 Å². The number of ketones is 1. The van der Waals surface area contributed by atoms with Crippen LogP contribution < -0.4 is 10.6 Å². The van der Waals surface area contributed by atoms with Crippen molar-refractivity contribution < 1.29 is 18.8 Å². The number of aromatic nitrogens is 3. The van der Waals surface area contributed by atoms with Gasteiger partial charge in [-0.3, -0.25) is 14.4 Å². The highest BCUT2D eigenvalue weighted by molar-refractivity contribution is 6.43. The minimum absolute atomic E-state index is 0.151. The summed E-state index contributed by atoms with van der Waals surface area (Å²) >= 11 is 0. The van der Waals surface area contributed by atoms with Crippen molar-refractivity contribution in [3.05, 3.63) is 70.8 Å². The van der Waals surface area contributed by atoms with Crippen LogP contribution in [0.3, 0.4) is 0 Å². The maximum Gasteiger partial charge on any atom is 0.294 e. The number of rotatable bonds is 7. The Bertz CT molecular complexity index is 1150. The Balaban J connectivity index is 1.76. The molecule has 1 aromatic carbocycles. The molecule has 0 radical (unpaired) electrons. The first-order valence-corrected chi connectivity index (χ1v) is 9.72. The fraction of sp³-hybridized carbons (Fsp3) is 0.273. The molecule has 3 aromatic rings. The lowest BCUT2D eigenvalue weighted by Crippen LogP contribution is -2.34. The van der Waals surface area contributed by atoms with Crippen LogP contribution in [0.15, 0.2) is 36.9 Å². The number of aryl methyl sites for hydroxylation is 1. The molecule has 9 heteroatoms. The molecule has 0 saturated heterocycles. The summed E-state index contributed by atoms with van der Waals surface area (Å²) in [6, 6.07) is 4.27. The Hall–Kier alpha value is -3.75. The van der Waals surface area contributed by atoms with Crippen LogP contribution in [0.1, 0.15) is 37.7 Å². The van der Waals surface area contributed by atoms with Crippen molar-refractivity contribution in [1.29, 1.82) is 0 Å². The molecular weight excluding hydrogens is 401 g/mol. The molecule has 0 unspecified atom stereocenters. The molecule has 8 nitrogen and oxygen atoms in total. The first kappa shape index (κ1) is 21.9. The number of hydrogen-bond donors (Lipinski definition) is 2. The van der Waals surface area contributed by atoms with Gasteiger partial charge in [-0.25, -0.2) is 9.37 Å². The van der Waals surface area contributed by atoms with Crippen LogP contribution in [-0.4, -0.2) is 38.3 Å². The lowest BCUT2D eigenvalue weighted by Gasteiger charge is -2.08. The van der Waals surface area contributed by atoms with E-state index >= 15 is 0 Å². The van der Waals surface area contributed by atoms with E-state index < -0.39 is 17.6 Å². The maximum atomic E-state index is 13.5. The zero-order valence-corrected chi connectivity index (χ0v) is 17.8. The molecule has 162 valence electrons. The molecule has 0 atom stereocenters. The van der Waals surface area contributed by atoms with E-state index in [0.29, 0.717) is 34.6 Å². The third kappa shape index (κ3) is 4.55. The molecule has 2 amide bonds. The number of carbonyl (C=O) groups is 3. The Morgan fingerprint density at radius 2 is 1.90 bits per heavy atom. The third-order valence-corrected chi connectivity index (χ3v) is 5.21. The van der Waals surface area contributed by atoms with Gasteiger partial charge in [0.1, 0.15) is 5.82 Å². The van der Waals surface area contributed by atoms with Gasteiger partial charge in [-0.15, -0.1) is 0 Å². The number of imidazole rings is 1. The smallest absolute Gasteiger partial charge is 0.294 e. The molecule has 0 fully saturated rings. The average Bonchev–Trinajstić information content (AvgIpc) is 3.31. The second-order valence-electron chi connectivity index (χ2n) is 7.30. The number of Topliss-reactive ketones (excluding diaryl/α,β-unsaturated/α-hetero) is 1. The molecule has 31 heavy (non-hydrogen) atoms. The van der Waals surface area contributed by atoms with Crippen molar-refractivity contribution in [2.45, 2.75) is 27.3 Å². The number of halogens is 1. The molecule has 0 bridgehead atoms. The molecule has 3 rings (SSSR count). The van der Waals surface area contributed by atoms with Crippen molar-refractivity contribution in [3.63, 3.8) is 0 Å². The van der Waals surface area contributed by atoms with E-state index in [2.05, 4.69) is 15.6 Å². The predicted octanol–water partition coefficient (Wildman–Crippen LogP) is 2.54. The van der Waals surface area contributed by atoms with Crippen molar-refractivity contribution in [2.75, 3.05) is 11.9 Å². The molecule has 0 aliphatic rings. The lowest BCUT2D eigenvalue weighted by atomic mass is 10.1. The summed E-state index contributed by atoms with van der Waals surface area (Å²) in [7, 11) is 1.63. The summed E-state index contributed by atoms with van der Waals surface area (Å²) in [5, 5.41) is 5.32. The minimum atomic E-state index is -0.745. The van der Waals surface area contributed by atoms with Gasteiger partial charge in [0.05, 0.1) is 17.6 Å². The van der Waals surface area contributed by atoms with Gasteiger partial charge in [0.2, 0.25) is 0 Å². The van der Waals surface area contributed by atoms with E-state index in [1.807, 2.05) is 0 Å². The van der Waals surface area contributed by atoms with Crippen molar-refractivity contribution in [3.8, 4) is 0 Å². The van der Waals surface area contributed by atoms with Crippen LogP contribution in [0.2, 0.25) is 0 Å². The Morgan fingerprint density at radius 1 is 1.16 bits per heavy atom. The van der Waals surface area contributed by atoms with Crippen LogP contribution in [0.5, 0.6) is 0 Å². The Morgan fingerprint density at radius 3 is 2.55 bits per heavy atom. The van der Waals surface area contributed by atoms with Crippen LogP contribution >= 0.6 is 0 Å². The SMILES string of the molecule is Cc1cc(NC(=O)c2c(C)c(C(=O)C(=O)NCCn3ccnc3)n(C)c2C)ccc1F. The molecule has 0 aliphatic carbocycles. The van der Waals surface area contributed by atoms with Gasteiger partial charge >= 0.3 is 0 Å². The molecule has 2 heterocycles. The van der Waals surface area contributed by atoms with E-state index in [1.54, 1.807) is 51.1 Å². The van der Waals surface area contributed by atoms with Crippen LogP contribution in [0.4, 0.5) is 10.1 Å². The summed E-state index contributed by atoms with van der Waals surface area (Å²) in [6.45, 7) is 5.68. The van der Waals surface area contributed by atoms with Crippen LogP contribution in [0.25, 0.3) is 0 Å². The first-order valence-electron chi connectivity index (χ1n) is 9.72. The Kier molecular flexibility index (Phi) is 6.33. The summed E-state index contributed by atoms with van der Waals surface area (Å²) < 4.78 is 16.8. The number of anilines is 1. The monoisotopic (exact) mass is 425 g/mol. The zero-order valence-electron chi connectivity index (χ0n) is 17.8. The van der Waals surface area contributed by atoms with E-state index in [4.69, 9.17) is 0 Å². The lowest BCUT2D eigenvalue weighted by molar-refractivity contribution is -0.117. The van der Waals surface area contributed by atoms with E-state index in [-0.39, 0.29) is 18.1 Å². The third-order valence-electron chi connectivity index (χ3n) is 5.21. The second-order valence-corrected chi connectivity index (χ2v) is 7.30. The van der Waals surface area contributed by atoms with Gasteiger partial charge in [-0.2, -0.15) is 0 Å². The highest BCUT2D eigenvalue weighted by Gasteiger charge is 2.28. The fourth-order valence-corrected chi connectivity index (χ4v) is 3.46. The zero-order chi connectivity index (χ0) is 22.7. The van der Waals surface area contributed by atoms with Gasteiger partial charge in [0.15, 0.2) is 0 Å². The molecular formula is C22H24FN5O3. The molecule has 2 N–H and O–H groups in total. The van der Waals surface area contributed by atoms with Gasteiger partial charge in [-0.05, 0) is 50.1 Å². The largest absolute Gasteiger partial charge is 0.347 e.